The van der Waals surface area contributed by atoms with E-state index in [0.717, 1.165) is 15.6 Å². The quantitative estimate of drug-likeness (QED) is 0.312. The van der Waals surface area contributed by atoms with Crippen LogP contribution in [0.5, 0.6) is 11.6 Å². The number of nitrogens with zero attached hydrogens (tertiary/aromatic N) is 3. The molecule has 3 amide bonds. The van der Waals surface area contributed by atoms with Gasteiger partial charge in [-0.25, -0.2) is 4.98 Å². The molecule has 2 heterocycles. The topological polar surface area (TPSA) is 101 Å². The SMILES string of the molecule is O=C(CN1C(=O)S/C(=C/c2cccc(Oc3nc(Cl)ncc3F)c2)C1=O)Nc1ccc(Br)cc1. The third-order valence-electron chi connectivity index (χ3n) is 4.36. The molecule has 0 radical (unpaired) electrons. The summed E-state index contributed by atoms with van der Waals surface area (Å²) in [6, 6.07) is 13.3. The lowest BCUT2D eigenvalue weighted by atomic mass is 10.2. The van der Waals surface area contributed by atoms with Crippen LogP contribution in [0, 0.1) is 5.82 Å². The van der Waals surface area contributed by atoms with Crippen LogP contribution in [0.25, 0.3) is 6.08 Å². The fraction of sp³-hybridized carbons (Fsp3) is 0.0455. The maximum absolute atomic E-state index is 13.8. The zero-order valence-corrected chi connectivity index (χ0v) is 20.2. The summed E-state index contributed by atoms with van der Waals surface area (Å²) in [5.74, 6) is -2.02. The van der Waals surface area contributed by atoms with Gasteiger partial charge in [-0.1, -0.05) is 28.1 Å². The van der Waals surface area contributed by atoms with Crippen LogP contribution in [0.2, 0.25) is 5.28 Å². The monoisotopic (exact) mass is 562 g/mol. The van der Waals surface area contributed by atoms with Crippen molar-refractivity contribution in [2.75, 3.05) is 11.9 Å². The van der Waals surface area contributed by atoms with E-state index in [-0.39, 0.29) is 21.8 Å². The van der Waals surface area contributed by atoms with E-state index in [0.29, 0.717) is 23.0 Å². The van der Waals surface area contributed by atoms with E-state index in [1.54, 1.807) is 42.5 Å². The predicted molar refractivity (Wildman–Crippen MR) is 129 cm³/mol. The van der Waals surface area contributed by atoms with Crippen molar-refractivity contribution in [3.05, 3.63) is 80.8 Å². The number of halogens is 3. The van der Waals surface area contributed by atoms with Crippen molar-refractivity contribution in [1.29, 1.82) is 0 Å². The fourth-order valence-electron chi connectivity index (χ4n) is 2.85. The molecule has 0 aliphatic carbocycles. The molecule has 0 spiro atoms. The second-order valence-electron chi connectivity index (χ2n) is 6.79. The van der Waals surface area contributed by atoms with E-state index in [2.05, 4.69) is 31.2 Å². The van der Waals surface area contributed by atoms with E-state index >= 15 is 0 Å². The Kier molecular flexibility index (Phi) is 7.25. The molecule has 1 aliphatic heterocycles. The van der Waals surface area contributed by atoms with Crippen LogP contribution in [-0.4, -0.2) is 38.5 Å². The molecule has 1 aliphatic rings. The van der Waals surface area contributed by atoms with Crippen molar-refractivity contribution >= 4 is 68.1 Å². The van der Waals surface area contributed by atoms with Gasteiger partial charge in [0.1, 0.15) is 12.3 Å². The summed E-state index contributed by atoms with van der Waals surface area (Å²) in [5, 5.41) is 1.90. The summed E-state index contributed by atoms with van der Waals surface area (Å²) in [6.07, 6.45) is 2.37. The van der Waals surface area contributed by atoms with Gasteiger partial charge in [0, 0.05) is 10.2 Å². The molecule has 1 N–H and O–H groups in total. The van der Waals surface area contributed by atoms with E-state index in [9.17, 15) is 18.8 Å². The lowest BCUT2D eigenvalue weighted by Gasteiger charge is -2.12. The molecule has 4 rings (SSSR count). The van der Waals surface area contributed by atoms with E-state index in [1.807, 2.05) is 0 Å². The number of aromatic nitrogens is 2. The number of hydrogen-bond acceptors (Lipinski definition) is 7. The molecule has 1 saturated heterocycles. The molecular weight excluding hydrogens is 551 g/mol. The molecule has 0 saturated carbocycles. The molecular formula is C22H13BrClFN4O4S. The van der Waals surface area contributed by atoms with Crippen LogP contribution < -0.4 is 10.1 Å². The number of thioether (sulfide) groups is 1. The Balaban J connectivity index is 1.45. The number of ether oxygens (including phenoxy) is 1. The molecule has 172 valence electrons. The average Bonchev–Trinajstić information content (AvgIpc) is 3.05. The number of rotatable bonds is 6. The molecule has 12 heteroatoms. The third-order valence-corrected chi connectivity index (χ3v) is 5.97. The maximum Gasteiger partial charge on any atom is 0.294 e. The maximum atomic E-state index is 13.8. The zero-order chi connectivity index (χ0) is 24.2. The predicted octanol–water partition coefficient (Wildman–Crippen LogP) is 5.50. The van der Waals surface area contributed by atoms with E-state index < -0.39 is 29.4 Å². The van der Waals surface area contributed by atoms with Gasteiger partial charge in [-0.15, -0.1) is 0 Å². The summed E-state index contributed by atoms with van der Waals surface area (Å²) >= 11 is 9.69. The van der Waals surface area contributed by atoms with Crippen molar-refractivity contribution in [3.63, 3.8) is 0 Å². The molecule has 0 bridgehead atoms. The molecule has 1 aromatic heterocycles. The average molecular weight is 564 g/mol. The number of benzene rings is 2. The van der Waals surface area contributed by atoms with Gasteiger partial charge in [0.25, 0.3) is 17.0 Å². The van der Waals surface area contributed by atoms with Crippen molar-refractivity contribution in [2.45, 2.75) is 0 Å². The van der Waals surface area contributed by atoms with Crippen LogP contribution in [0.1, 0.15) is 5.56 Å². The number of nitrogens with one attached hydrogen (secondary N) is 1. The molecule has 1 fully saturated rings. The Morgan fingerprint density at radius 3 is 2.76 bits per heavy atom. The number of imide groups is 1. The molecule has 0 unspecified atom stereocenters. The normalized spacial score (nSPS) is 14.6. The minimum atomic E-state index is -0.794. The van der Waals surface area contributed by atoms with Crippen LogP contribution in [-0.2, 0) is 9.59 Å². The first kappa shape index (κ1) is 23.9. The van der Waals surface area contributed by atoms with Gasteiger partial charge in [0.2, 0.25) is 17.0 Å². The van der Waals surface area contributed by atoms with Gasteiger partial charge in [-0.2, -0.15) is 9.37 Å². The minimum Gasteiger partial charge on any atom is -0.436 e. The smallest absolute Gasteiger partial charge is 0.294 e. The first-order valence-corrected chi connectivity index (χ1v) is 11.5. The summed E-state index contributed by atoms with van der Waals surface area (Å²) in [6.45, 7) is -0.422. The number of hydrogen-bond donors (Lipinski definition) is 1. The van der Waals surface area contributed by atoms with E-state index in [4.69, 9.17) is 16.3 Å². The molecule has 34 heavy (non-hydrogen) atoms. The van der Waals surface area contributed by atoms with Crippen molar-refractivity contribution in [3.8, 4) is 11.6 Å². The number of anilines is 1. The first-order valence-electron chi connectivity index (χ1n) is 9.55. The van der Waals surface area contributed by atoms with Crippen LogP contribution in [0.3, 0.4) is 0 Å². The standard InChI is InChI=1S/C22H13BrClFN4O4S/c23-13-4-6-14(7-5-13)27-18(30)11-29-20(31)17(34-22(29)32)9-12-2-1-3-15(8-12)33-19-16(25)10-26-21(24)28-19/h1-10H,11H2,(H,27,30)/b17-9+. The highest BCUT2D eigenvalue weighted by molar-refractivity contribution is 9.10. The van der Waals surface area contributed by atoms with E-state index in [1.165, 1.54) is 12.1 Å². The Labute approximate surface area is 210 Å². The second-order valence-corrected chi connectivity index (χ2v) is 9.04. The molecule has 0 atom stereocenters. The Morgan fingerprint density at radius 2 is 2.00 bits per heavy atom. The van der Waals surface area contributed by atoms with Gasteiger partial charge in [0.05, 0.1) is 11.1 Å². The van der Waals surface area contributed by atoms with Crippen LogP contribution >= 0.6 is 39.3 Å². The lowest BCUT2D eigenvalue weighted by Crippen LogP contribution is -2.36. The highest BCUT2D eigenvalue weighted by Gasteiger charge is 2.36. The highest BCUT2D eigenvalue weighted by atomic mass is 79.9. The minimum absolute atomic E-state index is 0.134. The lowest BCUT2D eigenvalue weighted by molar-refractivity contribution is -0.127. The Bertz CT molecular complexity index is 1320. The van der Waals surface area contributed by atoms with Crippen molar-refractivity contribution in [2.24, 2.45) is 0 Å². The molecule has 3 aromatic rings. The number of carbonyl (C=O) groups is 3. The van der Waals surface area contributed by atoms with Crippen molar-refractivity contribution in [1.82, 2.24) is 14.9 Å². The molecule has 8 nitrogen and oxygen atoms in total. The largest absolute Gasteiger partial charge is 0.436 e. The van der Waals surface area contributed by atoms with Crippen LogP contribution in [0.15, 0.2) is 64.1 Å². The van der Waals surface area contributed by atoms with Crippen molar-refractivity contribution < 1.29 is 23.5 Å². The summed E-state index contributed by atoms with van der Waals surface area (Å²) in [5.41, 5.74) is 1.05. The van der Waals surface area contributed by atoms with Gasteiger partial charge < -0.3 is 10.1 Å². The fourth-order valence-corrected chi connectivity index (χ4v) is 4.08. The first-order chi connectivity index (χ1) is 16.3. The Morgan fingerprint density at radius 1 is 1.24 bits per heavy atom. The van der Waals surface area contributed by atoms with Gasteiger partial charge in [-0.3, -0.25) is 19.3 Å². The number of carbonyl (C=O) groups excluding carboxylic acids is 3. The summed E-state index contributed by atoms with van der Waals surface area (Å²) < 4.78 is 20.1. The third kappa shape index (κ3) is 5.79. The Hall–Kier alpha value is -3.28. The zero-order valence-electron chi connectivity index (χ0n) is 17.0. The van der Waals surface area contributed by atoms with Gasteiger partial charge in [-0.05, 0) is 71.4 Å². The second kappa shape index (κ2) is 10.3. The van der Waals surface area contributed by atoms with Crippen LogP contribution in [0.4, 0.5) is 14.9 Å². The highest BCUT2D eigenvalue weighted by Crippen LogP contribution is 2.33. The van der Waals surface area contributed by atoms with Gasteiger partial charge >= 0.3 is 0 Å². The summed E-state index contributed by atoms with van der Waals surface area (Å²) in [7, 11) is 0. The number of amides is 3. The van der Waals surface area contributed by atoms with Gasteiger partial charge in [0.15, 0.2) is 0 Å². The summed E-state index contributed by atoms with van der Waals surface area (Å²) in [4.78, 5) is 45.6. The molecule has 2 aromatic carbocycles.